The van der Waals surface area contributed by atoms with Crippen LogP contribution < -0.4 is 4.74 Å². The SMILES string of the molecule is C=C1CC(c2ccc(O)c(OC)c2)OC1=O. The van der Waals surface area contributed by atoms with Crippen LogP contribution in [-0.2, 0) is 9.53 Å². The van der Waals surface area contributed by atoms with Crippen LogP contribution in [0, 0.1) is 0 Å². The van der Waals surface area contributed by atoms with Crippen molar-refractivity contribution < 1.29 is 19.4 Å². The molecule has 1 aromatic rings. The third-order valence-electron chi connectivity index (χ3n) is 2.55. The molecule has 16 heavy (non-hydrogen) atoms. The van der Waals surface area contributed by atoms with E-state index in [2.05, 4.69) is 6.58 Å². The highest BCUT2D eigenvalue weighted by Gasteiger charge is 2.29. The normalized spacial score (nSPS) is 19.7. The molecule has 4 nitrogen and oxygen atoms in total. The number of aromatic hydroxyl groups is 1. The molecule has 84 valence electrons. The number of esters is 1. The van der Waals surface area contributed by atoms with Gasteiger partial charge in [0.15, 0.2) is 11.5 Å². The third-order valence-corrected chi connectivity index (χ3v) is 2.55. The zero-order chi connectivity index (χ0) is 11.7. The second-order valence-corrected chi connectivity index (χ2v) is 3.63. The molecule has 1 atom stereocenters. The van der Waals surface area contributed by atoms with Gasteiger partial charge in [-0.05, 0) is 17.7 Å². The van der Waals surface area contributed by atoms with E-state index in [9.17, 15) is 9.90 Å². The molecule has 1 saturated heterocycles. The number of benzene rings is 1. The molecule has 1 aliphatic rings. The van der Waals surface area contributed by atoms with Crippen LogP contribution in [0.2, 0.25) is 0 Å². The van der Waals surface area contributed by atoms with Crippen LogP contribution in [0.1, 0.15) is 18.1 Å². The minimum atomic E-state index is -0.364. The smallest absolute Gasteiger partial charge is 0.334 e. The third kappa shape index (κ3) is 1.74. The van der Waals surface area contributed by atoms with Crippen LogP contribution in [0.3, 0.4) is 0 Å². The number of rotatable bonds is 2. The highest BCUT2D eigenvalue weighted by molar-refractivity contribution is 5.90. The van der Waals surface area contributed by atoms with Crippen LogP contribution in [-0.4, -0.2) is 18.2 Å². The number of cyclic esters (lactones) is 1. The summed E-state index contributed by atoms with van der Waals surface area (Å²) in [7, 11) is 1.47. The van der Waals surface area contributed by atoms with Gasteiger partial charge in [-0.25, -0.2) is 4.79 Å². The van der Waals surface area contributed by atoms with Crippen LogP contribution in [0.5, 0.6) is 11.5 Å². The fourth-order valence-corrected chi connectivity index (χ4v) is 1.64. The molecule has 0 aliphatic carbocycles. The lowest BCUT2D eigenvalue weighted by Gasteiger charge is -2.11. The summed E-state index contributed by atoms with van der Waals surface area (Å²) in [6.07, 6.45) is 0.154. The molecule has 1 unspecified atom stereocenters. The Bertz CT molecular complexity index is 434. The van der Waals surface area contributed by atoms with Crippen LogP contribution in [0.25, 0.3) is 0 Å². The number of ether oxygens (including phenoxy) is 2. The highest BCUT2D eigenvalue weighted by Crippen LogP contribution is 2.36. The Hall–Kier alpha value is -1.97. The molecular weight excluding hydrogens is 208 g/mol. The van der Waals surface area contributed by atoms with Crippen molar-refractivity contribution in [2.24, 2.45) is 0 Å². The molecule has 4 heteroatoms. The molecule has 1 aromatic carbocycles. The predicted molar refractivity (Wildman–Crippen MR) is 57.2 cm³/mol. The van der Waals surface area contributed by atoms with Gasteiger partial charge in [0.1, 0.15) is 6.10 Å². The molecule has 1 N–H and O–H groups in total. The van der Waals surface area contributed by atoms with Gasteiger partial charge in [0.05, 0.1) is 7.11 Å². The molecule has 0 spiro atoms. The van der Waals surface area contributed by atoms with Crippen molar-refractivity contribution in [2.75, 3.05) is 7.11 Å². The van der Waals surface area contributed by atoms with E-state index >= 15 is 0 Å². The Kier molecular flexibility index (Phi) is 2.56. The Labute approximate surface area is 93.1 Å². The molecule has 0 bridgehead atoms. The summed E-state index contributed by atoms with van der Waals surface area (Å²) in [6.45, 7) is 3.62. The molecule has 1 aliphatic heterocycles. The molecule has 2 rings (SSSR count). The first kappa shape index (κ1) is 10.5. The maximum atomic E-state index is 11.2. The summed E-state index contributed by atoms with van der Waals surface area (Å²) in [6, 6.07) is 4.88. The van der Waals surface area contributed by atoms with Crippen LogP contribution >= 0.6 is 0 Å². The standard InChI is InChI=1S/C12H12O4/c1-7-5-10(16-12(7)14)8-3-4-9(13)11(6-8)15-2/h3-4,6,10,13H,1,5H2,2H3. The quantitative estimate of drug-likeness (QED) is 0.611. The summed E-state index contributed by atoms with van der Waals surface area (Å²) < 4.78 is 10.1. The van der Waals surface area contributed by atoms with E-state index in [0.29, 0.717) is 17.7 Å². The van der Waals surface area contributed by atoms with E-state index in [1.807, 2.05) is 0 Å². The molecular formula is C12H12O4. The number of phenols is 1. The molecule has 0 amide bonds. The van der Waals surface area contributed by atoms with Gasteiger partial charge < -0.3 is 14.6 Å². The molecule has 1 heterocycles. The maximum absolute atomic E-state index is 11.2. The van der Waals surface area contributed by atoms with Crippen LogP contribution in [0.4, 0.5) is 0 Å². The van der Waals surface area contributed by atoms with Crippen molar-refractivity contribution in [3.63, 3.8) is 0 Å². The van der Waals surface area contributed by atoms with E-state index in [4.69, 9.17) is 9.47 Å². The summed E-state index contributed by atoms with van der Waals surface area (Å²) in [5, 5.41) is 9.43. The lowest BCUT2D eigenvalue weighted by molar-refractivity contribution is -0.139. The topological polar surface area (TPSA) is 55.8 Å². The molecule has 0 saturated carbocycles. The average Bonchev–Trinajstić information content (AvgIpc) is 2.60. The molecule has 0 aromatic heterocycles. The second kappa shape index (κ2) is 3.89. The van der Waals surface area contributed by atoms with Crippen molar-refractivity contribution in [3.05, 3.63) is 35.9 Å². The van der Waals surface area contributed by atoms with Crippen molar-refractivity contribution in [1.29, 1.82) is 0 Å². The number of carbonyl (C=O) groups is 1. The minimum absolute atomic E-state index is 0.0643. The Morgan fingerprint density at radius 3 is 2.88 bits per heavy atom. The Balaban J connectivity index is 2.28. The van der Waals surface area contributed by atoms with E-state index in [-0.39, 0.29) is 17.8 Å². The maximum Gasteiger partial charge on any atom is 0.334 e. The number of hydrogen-bond donors (Lipinski definition) is 1. The zero-order valence-corrected chi connectivity index (χ0v) is 8.90. The Morgan fingerprint density at radius 1 is 1.56 bits per heavy atom. The summed E-state index contributed by atoms with van der Waals surface area (Å²) in [5.74, 6) is 0.0671. The number of hydrogen-bond acceptors (Lipinski definition) is 4. The predicted octanol–water partition coefficient (Wildman–Crippen LogP) is 1.94. The largest absolute Gasteiger partial charge is 0.504 e. The zero-order valence-electron chi connectivity index (χ0n) is 8.90. The van der Waals surface area contributed by atoms with Crippen molar-refractivity contribution >= 4 is 5.97 Å². The first-order chi connectivity index (χ1) is 7.61. The highest BCUT2D eigenvalue weighted by atomic mass is 16.5. The average molecular weight is 220 g/mol. The Morgan fingerprint density at radius 2 is 2.31 bits per heavy atom. The first-order valence-electron chi connectivity index (χ1n) is 4.87. The molecule has 1 fully saturated rings. The van der Waals surface area contributed by atoms with Gasteiger partial charge in [0.25, 0.3) is 0 Å². The monoisotopic (exact) mass is 220 g/mol. The number of phenolic OH excluding ortho intramolecular Hbond substituents is 1. The van der Waals surface area contributed by atoms with Gasteiger partial charge in [0.2, 0.25) is 0 Å². The fourth-order valence-electron chi connectivity index (χ4n) is 1.64. The summed E-state index contributed by atoms with van der Waals surface area (Å²) in [5.41, 5.74) is 1.26. The van der Waals surface area contributed by atoms with Gasteiger partial charge in [-0.15, -0.1) is 0 Å². The lowest BCUT2D eigenvalue weighted by atomic mass is 10.0. The number of methoxy groups -OCH3 is 1. The van der Waals surface area contributed by atoms with Crippen molar-refractivity contribution in [1.82, 2.24) is 0 Å². The second-order valence-electron chi connectivity index (χ2n) is 3.63. The van der Waals surface area contributed by atoms with Crippen molar-refractivity contribution in [2.45, 2.75) is 12.5 Å². The van der Waals surface area contributed by atoms with Crippen molar-refractivity contribution in [3.8, 4) is 11.5 Å². The van der Waals surface area contributed by atoms with Gasteiger partial charge in [-0.1, -0.05) is 12.6 Å². The number of carbonyl (C=O) groups excluding carboxylic acids is 1. The van der Waals surface area contributed by atoms with Gasteiger partial charge >= 0.3 is 5.97 Å². The summed E-state index contributed by atoms with van der Waals surface area (Å²) in [4.78, 5) is 11.2. The summed E-state index contributed by atoms with van der Waals surface area (Å²) >= 11 is 0. The van der Waals surface area contributed by atoms with Gasteiger partial charge in [0, 0.05) is 12.0 Å². The van der Waals surface area contributed by atoms with E-state index < -0.39 is 0 Å². The first-order valence-corrected chi connectivity index (χ1v) is 4.87. The fraction of sp³-hybridized carbons (Fsp3) is 0.250. The van der Waals surface area contributed by atoms with E-state index in [1.165, 1.54) is 13.2 Å². The minimum Gasteiger partial charge on any atom is -0.504 e. The van der Waals surface area contributed by atoms with Crippen LogP contribution in [0.15, 0.2) is 30.4 Å². The van der Waals surface area contributed by atoms with Gasteiger partial charge in [-0.2, -0.15) is 0 Å². The van der Waals surface area contributed by atoms with Gasteiger partial charge in [-0.3, -0.25) is 0 Å². The van der Waals surface area contributed by atoms with E-state index in [0.717, 1.165) is 5.56 Å². The molecule has 0 radical (unpaired) electrons. The lowest BCUT2D eigenvalue weighted by Crippen LogP contribution is -1.99. The van der Waals surface area contributed by atoms with E-state index in [1.54, 1.807) is 12.1 Å².